The van der Waals surface area contributed by atoms with Crippen molar-refractivity contribution < 1.29 is 52.6 Å². The van der Waals surface area contributed by atoms with Crippen molar-refractivity contribution in [1.82, 2.24) is 45.8 Å². The van der Waals surface area contributed by atoms with Crippen molar-refractivity contribution in [3.63, 3.8) is 0 Å². The van der Waals surface area contributed by atoms with Gasteiger partial charge in [-0.05, 0) is 84.9 Å². The van der Waals surface area contributed by atoms with Crippen LogP contribution in [0.15, 0.2) is 0 Å². The number of carbonyl (C=O) groups excluding carboxylic acids is 8. The van der Waals surface area contributed by atoms with Gasteiger partial charge in [-0.3, -0.25) is 43.3 Å². The Morgan fingerprint density at radius 2 is 1.29 bits per heavy atom. The van der Waals surface area contributed by atoms with E-state index in [-0.39, 0.29) is 43.8 Å². The van der Waals surface area contributed by atoms with E-state index < -0.39 is 88.6 Å². The van der Waals surface area contributed by atoms with Crippen molar-refractivity contribution in [3.8, 4) is 0 Å². The number of nitrogens with one attached hydrogen (secondary N) is 4. The Balaban J connectivity index is 3.47. The summed E-state index contributed by atoms with van der Waals surface area (Å²) in [5, 5.41) is 9.75. The van der Waals surface area contributed by atoms with Crippen LogP contribution >= 0.6 is 11.8 Å². The van der Waals surface area contributed by atoms with E-state index in [1.807, 2.05) is 27.7 Å². The fourth-order valence-corrected chi connectivity index (χ4v) is 8.57. The molecule has 21 heteroatoms. The number of carbonyl (C=O) groups is 8. The highest BCUT2D eigenvalue weighted by atomic mass is 32.2. The Kier molecular flexibility index (Phi) is 27.8. The fourth-order valence-electron chi connectivity index (χ4n) is 7.40. The molecular weight excluding hydrogens is 899 g/mol. The first-order valence-electron chi connectivity index (χ1n) is 24.1. The summed E-state index contributed by atoms with van der Waals surface area (Å²) in [6.07, 6.45) is 1.80. The normalized spacial score (nSPS) is 16.3. The largest absolute Gasteiger partial charge is 0.379 e. The van der Waals surface area contributed by atoms with E-state index in [1.165, 1.54) is 73.4 Å². The predicted octanol–water partition coefficient (Wildman–Crippen LogP) is 1.65. The summed E-state index contributed by atoms with van der Waals surface area (Å²) in [6.45, 7) is 23.2. The maximum atomic E-state index is 14.7. The summed E-state index contributed by atoms with van der Waals surface area (Å²) in [4.78, 5) is 117. The van der Waals surface area contributed by atoms with Crippen LogP contribution in [0.4, 0.5) is 0 Å². The smallest absolute Gasteiger partial charge is 0.256 e. The van der Waals surface area contributed by atoms with E-state index in [0.717, 1.165) is 26.1 Å². The lowest BCUT2D eigenvalue weighted by molar-refractivity contribution is -0.154. The van der Waals surface area contributed by atoms with E-state index >= 15 is 0 Å². The zero-order chi connectivity index (χ0) is 52.1. The third-order valence-corrected chi connectivity index (χ3v) is 13.4. The van der Waals surface area contributed by atoms with Gasteiger partial charge in [0.05, 0.1) is 18.8 Å². The van der Waals surface area contributed by atoms with E-state index in [9.17, 15) is 38.4 Å². The molecule has 1 saturated heterocycles. The number of morpholine rings is 1. The second-order valence-electron chi connectivity index (χ2n) is 19.0. The molecule has 1 heterocycles. The number of likely N-dealkylation sites (N-methyl/N-ethyl adjacent to an activating group) is 5. The van der Waals surface area contributed by atoms with Gasteiger partial charge in [0, 0.05) is 67.8 Å². The molecule has 1 rings (SSSR count). The molecule has 0 spiro atoms. The van der Waals surface area contributed by atoms with Crippen molar-refractivity contribution in [1.29, 1.82) is 0 Å². The molecule has 8 amide bonds. The van der Waals surface area contributed by atoms with Gasteiger partial charge >= 0.3 is 0 Å². The maximum absolute atomic E-state index is 14.7. The van der Waals surface area contributed by atoms with Crippen LogP contribution in [0.1, 0.15) is 108 Å². The topological polar surface area (TPSA) is 229 Å². The fraction of sp³-hybridized carbons (Fsp3) is 0.830. The lowest BCUT2D eigenvalue weighted by Crippen LogP contribution is -2.61. The molecule has 7 atom stereocenters. The molecule has 0 aromatic heterocycles. The Bertz CT molecular complexity index is 1650. The predicted molar refractivity (Wildman–Crippen MR) is 263 cm³/mol. The van der Waals surface area contributed by atoms with Crippen LogP contribution in [0.5, 0.6) is 0 Å². The average molecular weight is 986 g/mol. The molecule has 20 nitrogen and oxygen atoms in total. The first kappa shape index (κ1) is 62.0. The van der Waals surface area contributed by atoms with Gasteiger partial charge in [0.1, 0.15) is 43.0 Å². The highest BCUT2D eigenvalue weighted by Crippen LogP contribution is 2.26. The Morgan fingerprint density at radius 1 is 0.721 bits per heavy atom. The summed E-state index contributed by atoms with van der Waals surface area (Å²) < 4.78 is 17.0. The molecule has 0 aromatic carbocycles. The molecule has 0 bridgehead atoms. The molecule has 0 unspecified atom stereocenters. The summed E-state index contributed by atoms with van der Waals surface area (Å²) in [6, 6.07) is -6.35. The summed E-state index contributed by atoms with van der Waals surface area (Å²) in [5.41, 5.74) is -1.00. The number of ether oxygens (including phenoxy) is 3. The number of hydrogen-bond acceptors (Lipinski definition) is 13. The van der Waals surface area contributed by atoms with Crippen LogP contribution in [0.25, 0.3) is 0 Å². The Labute approximate surface area is 410 Å². The van der Waals surface area contributed by atoms with Crippen LogP contribution in [-0.4, -0.2) is 206 Å². The van der Waals surface area contributed by atoms with Crippen molar-refractivity contribution in [2.24, 2.45) is 11.8 Å². The molecule has 4 N–H and O–H groups in total. The minimum Gasteiger partial charge on any atom is -0.379 e. The van der Waals surface area contributed by atoms with Crippen LogP contribution in [-0.2, 0) is 52.6 Å². The second kappa shape index (κ2) is 30.5. The van der Waals surface area contributed by atoms with Gasteiger partial charge < -0.3 is 55.1 Å². The average Bonchev–Trinajstić information content (AvgIpc) is 3.29. The lowest BCUT2D eigenvalue weighted by atomic mass is 9.95. The van der Waals surface area contributed by atoms with Crippen molar-refractivity contribution >= 4 is 59.0 Å². The van der Waals surface area contributed by atoms with Crippen molar-refractivity contribution in [3.05, 3.63) is 0 Å². The van der Waals surface area contributed by atoms with Crippen LogP contribution in [0, 0.1) is 11.8 Å². The van der Waals surface area contributed by atoms with E-state index in [4.69, 9.17) is 14.2 Å². The van der Waals surface area contributed by atoms with E-state index in [0.29, 0.717) is 32.0 Å². The molecular formula is C47H87N9O11S. The molecule has 0 saturated carbocycles. The van der Waals surface area contributed by atoms with Gasteiger partial charge in [0.15, 0.2) is 5.37 Å². The SMILES string of the molecule is CCCC(=O)N(C)[C@H](SCCCN1CCOCC1)C(=O)N(C)[C@@H](CC(C)(C)OCOCC)C(=O)N[C@H](C(=O)N(C)[C@@H](CC(C)C)C(=O)N[C@H](C)C(=O)N[C@@H](C)C(=O)N(C)[C@H](C)C(=O)NC)C(C)C. The lowest BCUT2D eigenvalue weighted by Gasteiger charge is -2.38. The first-order valence-corrected chi connectivity index (χ1v) is 25.1. The number of amides is 8. The number of thioether (sulfide) groups is 1. The van der Waals surface area contributed by atoms with Crippen LogP contribution < -0.4 is 21.3 Å². The first-order chi connectivity index (χ1) is 31.8. The summed E-state index contributed by atoms with van der Waals surface area (Å²) in [7, 11) is 7.49. The highest BCUT2D eigenvalue weighted by Gasteiger charge is 2.41. The third kappa shape index (κ3) is 20.1. The molecule has 1 aliphatic heterocycles. The standard InChI is InChI=1S/C47H87N9O11S/c1-17-20-37(57)55(16)46(68-26-19-21-56-22-24-66-25-23-56)45(64)54(15)36(28-47(10,11)67-29-65-18-2)42(61)51-38(31(5)6)44(63)53(14)35(27-30(3)4)41(60)49-32(7)39(58)50-33(8)43(62)52(13)34(9)40(59)48-12/h30-36,38,46H,17-29H2,1-16H3,(H,48,59)(H,49,60)(H,50,58)(H,51,61)/t32-,33+,34-,35+,36+,38+,46-/m1/s1. The molecule has 1 aliphatic rings. The molecule has 1 fully saturated rings. The Morgan fingerprint density at radius 3 is 1.84 bits per heavy atom. The molecule has 68 heavy (non-hydrogen) atoms. The van der Waals surface area contributed by atoms with Crippen LogP contribution in [0.2, 0.25) is 0 Å². The maximum Gasteiger partial charge on any atom is 0.256 e. The molecule has 0 aliphatic carbocycles. The van der Waals surface area contributed by atoms with Gasteiger partial charge in [-0.2, -0.15) is 0 Å². The van der Waals surface area contributed by atoms with Gasteiger partial charge in [0.25, 0.3) is 5.91 Å². The monoisotopic (exact) mass is 986 g/mol. The molecule has 0 radical (unpaired) electrons. The van der Waals surface area contributed by atoms with Crippen molar-refractivity contribution in [2.75, 3.05) is 87.2 Å². The van der Waals surface area contributed by atoms with Crippen LogP contribution in [0.3, 0.4) is 0 Å². The van der Waals surface area contributed by atoms with Gasteiger partial charge in [-0.1, -0.05) is 34.6 Å². The zero-order valence-corrected chi connectivity index (χ0v) is 44.8. The minimum absolute atomic E-state index is 0.00400. The number of rotatable bonds is 30. The second-order valence-corrected chi connectivity index (χ2v) is 20.2. The van der Waals surface area contributed by atoms with Crippen molar-refractivity contribution in [2.45, 2.75) is 155 Å². The van der Waals surface area contributed by atoms with Gasteiger partial charge in [-0.15, -0.1) is 11.8 Å². The Hall–Kier alpha value is -4.05. The molecule has 0 aromatic rings. The highest BCUT2D eigenvalue weighted by molar-refractivity contribution is 8.00. The number of nitrogens with zero attached hydrogens (tertiary/aromatic N) is 5. The zero-order valence-electron chi connectivity index (χ0n) is 44.0. The van der Waals surface area contributed by atoms with E-state index in [2.05, 4.69) is 26.2 Å². The quantitative estimate of drug-likeness (QED) is 0.0594. The summed E-state index contributed by atoms with van der Waals surface area (Å²) in [5.74, 6) is -4.03. The third-order valence-electron chi connectivity index (χ3n) is 12.0. The summed E-state index contributed by atoms with van der Waals surface area (Å²) >= 11 is 1.34. The minimum atomic E-state index is -1.18. The number of hydrogen-bond donors (Lipinski definition) is 4. The van der Waals surface area contributed by atoms with Gasteiger partial charge in [0.2, 0.25) is 41.4 Å². The van der Waals surface area contributed by atoms with E-state index in [1.54, 1.807) is 41.7 Å². The van der Waals surface area contributed by atoms with Gasteiger partial charge in [-0.25, -0.2) is 0 Å². The molecule has 392 valence electrons.